The number of ether oxygens (including phenoxy) is 1. The van der Waals surface area contributed by atoms with Gasteiger partial charge in [0.2, 0.25) is 5.91 Å². The maximum atomic E-state index is 11.8. The van der Waals surface area contributed by atoms with Gasteiger partial charge in [-0.15, -0.1) is 0 Å². The van der Waals surface area contributed by atoms with E-state index in [2.05, 4.69) is 26.3 Å². The molecule has 0 radical (unpaired) electrons. The zero-order valence-corrected chi connectivity index (χ0v) is 13.0. The summed E-state index contributed by atoms with van der Waals surface area (Å²) in [5, 5.41) is 7.26. The molecule has 106 valence electrons. The SMILES string of the molecule is COCCC(=O)Nc1cc(C)nn1-c1cccc(Br)c1. The third kappa shape index (κ3) is 3.68. The molecule has 0 aliphatic carbocycles. The molecule has 2 rings (SSSR count). The summed E-state index contributed by atoms with van der Waals surface area (Å²) < 4.78 is 7.57. The Morgan fingerprint density at radius 1 is 1.45 bits per heavy atom. The van der Waals surface area contributed by atoms with E-state index in [4.69, 9.17) is 4.74 Å². The number of hydrogen-bond donors (Lipinski definition) is 1. The molecule has 1 heterocycles. The average Bonchev–Trinajstić information content (AvgIpc) is 2.77. The van der Waals surface area contributed by atoms with Crippen molar-refractivity contribution in [3.05, 3.63) is 40.5 Å². The van der Waals surface area contributed by atoms with E-state index in [0.29, 0.717) is 18.8 Å². The average molecular weight is 338 g/mol. The molecule has 2 aromatic rings. The summed E-state index contributed by atoms with van der Waals surface area (Å²) in [6, 6.07) is 9.58. The maximum absolute atomic E-state index is 11.8. The molecule has 1 aromatic heterocycles. The molecule has 5 nitrogen and oxygen atoms in total. The molecule has 0 aliphatic heterocycles. The quantitative estimate of drug-likeness (QED) is 0.912. The number of hydrogen-bond acceptors (Lipinski definition) is 3. The Balaban J connectivity index is 2.24. The van der Waals surface area contributed by atoms with Gasteiger partial charge in [-0.25, -0.2) is 4.68 Å². The van der Waals surface area contributed by atoms with Crippen LogP contribution in [0.1, 0.15) is 12.1 Å². The van der Waals surface area contributed by atoms with Crippen LogP contribution in [-0.2, 0) is 9.53 Å². The fourth-order valence-electron chi connectivity index (χ4n) is 1.79. The second-order valence-corrected chi connectivity index (χ2v) is 5.27. The molecule has 1 aromatic carbocycles. The van der Waals surface area contributed by atoms with E-state index in [-0.39, 0.29) is 5.91 Å². The highest BCUT2D eigenvalue weighted by molar-refractivity contribution is 9.10. The predicted octanol–water partition coefficient (Wildman–Crippen LogP) is 2.92. The molecule has 6 heteroatoms. The normalized spacial score (nSPS) is 10.6. The van der Waals surface area contributed by atoms with Crippen LogP contribution in [0.15, 0.2) is 34.8 Å². The minimum Gasteiger partial charge on any atom is -0.384 e. The van der Waals surface area contributed by atoms with Gasteiger partial charge < -0.3 is 10.1 Å². The van der Waals surface area contributed by atoms with Crippen molar-refractivity contribution < 1.29 is 9.53 Å². The van der Waals surface area contributed by atoms with Crippen molar-refractivity contribution in [3.63, 3.8) is 0 Å². The van der Waals surface area contributed by atoms with Gasteiger partial charge in [-0.2, -0.15) is 5.10 Å². The first kappa shape index (κ1) is 14.7. The number of aryl methyl sites for hydroxylation is 1. The molecule has 1 amide bonds. The zero-order chi connectivity index (χ0) is 14.5. The molecule has 0 aliphatic rings. The van der Waals surface area contributed by atoms with Crippen LogP contribution in [0.2, 0.25) is 0 Å². The Morgan fingerprint density at radius 2 is 2.25 bits per heavy atom. The Hall–Kier alpha value is -1.66. The van der Waals surface area contributed by atoms with Crippen molar-refractivity contribution in [1.29, 1.82) is 0 Å². The van der Waals surface area contributed by atoms with E-state index in [0.717, 1.165) is 15.9 Å². The van der Waals surface area contributed by atoms with E-state index in [9.17, 15) is 4.79 Å². The lowest BCUT2D eigenvalue weighted by Gasteiger charge is -2.09. The predicted molar refractivity (Wildman–Crippen MR) is 81.1 cm³/mol. The highest BCUT2D eigenvalue weighted by Gasteiger charge is 2.11. The molecule has 0 unspecified atom stereocenters. The van der Waals surface area contributed by atoms with Gasteiger partial charge in [0.25, 0.3) is 0 Å². The third-order valence-electron chi connectivity index (χ3n) is 2.69. The van der Waals surface area contributed by atoms with Gasteiger partial charge in [0.05, 0.1) is 24.4 Å². The van der Waals surface area contributed by atoms with Crippen LogP contribution >= 0.6 is 15.9 Å². The Labute approximate surface area is 126 Å². The topological polar surface area (TPSA) is 56.1 Å². The van der Waals surface area contributed by atoms with E-state index in [1.807, 2.05) is 37.3 Å². The molecule has 0 atom stereocenters. The molecule has 0 saturated carbocycles. The van der Waals surface area contributed by atoms with Crippen molar-refractivity contribution in [2.45, 2.75) is 13.3 Å². The number of amides is 1. The Kier molecular flexibility index (Phi) is 4.92. The van der Waals surface area contributed by atoms with Crippen molar-refractivity contribution in [2.24, 2.45) is 0 Å². The van der Waals surface area contributed by atoms with Gasteiger partial charge >= 0.3 is 0 Å². The summed E-state index contributed by atoms with van der Waals surface area (Å²) in [4.78, 5) is 11.8. The molecular weight excluding hydrogens is 322 g/mol. The number of methoxy groups -OCH3 is 1. The first-order valence-electron chi connectivity index (χ1n) is 6.21. The summed E-state index contributed by atoms with van der Waals surface area (Å²) in [7, 11) is 1.57. The second-order valence-electron chi connectivity index (χ2n) is 4.35. The monoisotopic (exact) mass is 337 g/mol. The summed E-state index contributed by atoms with van der Waals surface area (Å²) >= 11 is 3.43. The van der Waals surface area contributed by atoms with Gasteiger partial charge in [-0.3, -0.25) is 4.79 Å². The van der Waals surface area contributed by atoms with E-state index < -0.39 is 0 Å². The van der Waals surface area contributed by atoms with Gasteiger partial charge in [-0.05, 0) is 25.1 Å². The van der Waals surface area contributed by atoms with Crippen molar-refractivity contribution in [3.8, 4) is 5.69 Å². The number of anilines is 1. The Morgan fingerprint density at radius 3 is 2.95 bits per heavy atom. The van der Waals surface area contributed by atoms with E-state index in [1.54, 1.807) is 11.8 Å². The maximum Gasteiger partial charge on any atom is 0.227 e. The van der Waals surface area contributed by atoms with Crippen LogP contribution in [-0.4, -0.2) is 29.4 Å². The summed E-state index contributed by atoms with van der Waals surface area (Å²) in [6.45, 7) is 2.29. The first-order valence-corrected chi connectivity index (χ1v) is 7.01. The highest BCUT2D eigenvalue weighted by Crippen LogP contribution is 2.20. The van der Waals surface area contributed by atoms with Gasteiger partial charge in [0.1, 0.15) is 5.82 Å². The lowest BCUT2D eigenvalue weighted by Crippen LogP contribution is -2.16. The number of benzene rings is 1. The van der Waals surface area contributed by atoms with E-state index in [1.165, 1.54) is 0 Å². The van der Waals surface area contributed by atoms with Crippen molar-refractivity contribution >= 4 is 27.7 Å². The summed E-state index contributed by atoms with van der Waals surface area (Å²) in [5.41, 5.74) is 1.72. The van der Waals surface area contributed by atoms with Gasteiger partial charge in [0.15, 0.2) is 0 Å². The lowest BCUT2D eigenvalue weighted by molar-refractivity contribution is -0.117. The fourth-order valence-corrected chi connectivity index (χ4v) is 2.18. The van der Waals surface area contributed by atoms with Crippen LogP contribution in [0.3, 0.4) is 0 Å². The molecule has 1 N–H and O–H groups in total. The Bertz CT molecular complexity index is 610. The highest BCUT2D eigenvalue weighted by atomic mass is 79.9. The zero-order valence-electron chi connectivity index (χ0n) is 11.4. The first-order chi connectivity index (χ1) is 9.60. The molecule has 20 heavy (non-hydrogen) atoms. The summed E-state index contributed by atoms with van der Waals surface area (Å²) in [5.74, 6) is 0.560. The molecule has 0 spiro atoms. The number of carbonyl (C=O) groups excluding carboxylic acids is 1. The third-order valence-corrected chi connectivity index (χ3v) is 3.18. The van der Waals surface area contributed by atoms with Crippen LogP contribution in [0.25, 0.3) is 5.69 Å². The van der Waals surface area contributed by atoms with Gasteiger partial charge in [-0.1, -0.05) is 22.0 Å². The molecule has 0 bridgehead atoms. The molecule has 0 fully saturated rings. The minimum absolute atomic E-state index is 0.0944. The number of aromatic nitrogens is 2. The van der Waals surface area contributed by atoms with Crippen LogP contribution in [0.5, 0.6) is 0 Å². The lowest BCUT2D eigenvalue weighted by atomic mass is 10.3. The fraction of sp³-hybridized carbons (Fsp3) is 0.286. The molecular formula is C14H16BrN3O2. The standard InChI is InChI=1S/C14H16BrN3O2/c1-10-8-13(16-14(19)6-7-20-2)18(17-10)12-5-3-4-11(15)9-12/h3-5,8-9H,6-7H2,1-2H3,(H,16,19). The van der Waals surface area contributed by atoms with E-state index >= 15 is 0 Å². The summed E-state index contributed by atoms with van der Waals surface area (Å²) in [6.07, 6.45) is 0.319. The number of nitrogens with zero attached hydrogens (tertiary/aromatic N) is 2. The van der Waals surface area contributed by atoms with Gasteiger partial charge in [0, 0.05) is 17.6 Å². The molecule has 0 saturated heterocycles. The van der Waals surface area contributed by atoms with Crippen LogP contribution < -0.4 is 5.32 Å². The smallest absolute Gasteiger partial charge is 0.227 e. The largest absolute Gasteiger partial charge is 0.384 e. The second kappa shape index (κ2) is 6.67. The number of rotatable bonds is 5. The number of carbonyl (C=O) groups is 1. The number of halogens is 1. The van der Waals surface area contributed by atoms with Crippen LogP contribution in [0.4, 0.5) is 5.82 Å². The number of nitrogens with one attached hydrogen (secondary N) is 1. The van der Waals surface area contributed by atoms with Crippen molar-refractivity contribution in [2.75, 3.05) is 19.0 Å². The van der Waals surface area contributed by atoms with Crippen molar-refractivity contribution in [1.82, 2.24) is 9.78 Å². The van der Waals surface area contributed by atoms with Crippen LogP contribution in [0, 0.1) is 6.92 Å². The minimum atomic E-state index is -0.0944.